The molecule has 0 rings (SSSR count). The summed E-state index contributed by atoms with van der Waals surface area (Å²) in [6.07, 6.45) is 3.64. The Balaban J connectivity index is 3.76. The van der Waals surface area contributed by atoms with Crippen molar-refractivity contribution in [2.45, 2.75) is 39.2 Å². The van der Waals surface area contributed by atoms with Crippen LogP contribution in [0.1, 0.15) is 33.1 Å². The highest BCUT2D eigenvalue weighted by Gasteiger charge is 2.14. The standard InChI is InChI=1S/C10H18O2/c1-4-7-8-9(11)10(5-2)12-6-3/h4,10H,1,5-8H2,2-3H3. The maximum absolute atomic E-state index is 11.4. The van der Waals surface area contributed by atoms with Crippen molar-refractivity contribution in [3.05, 3.63) is 12.7 Å². The predicted molar refractivity (Wildman–Crippen MR) is 50.1 cm³/mol. The van der Waals surface area contributed by atoms with E-state index in [2.05, 4.69) is 6.58 Å². The van der Waals surface area contributed by atoms with Crippen molar-refractivity contribution in [3.63, 3.8) is 0 Å². The fourth-order valence-electron chi connectivity index (χ4n) is 1.04. The van der Waals surface area contributed by atoms with Gasteiger partial charge in [-0.1, -0.05) is 13.0 Å². The molecular weight excluding hydrogens is 152 g/mol. The molecule has 0 bridgehead atoms. The Morgan fingerprint density at radius 1 is 1.58 bits per heavy atom. The van der Waals surface area contributed by atoms with Crippen LogP contribution in [0.3, 0.4) is 0 Å². The molecular formula is C10H18O2. The van der Waals surface area contributed by atoms with Crippen LogP contribution in [0.5, 0.6) is 0 Å². The summed E-state index contributed by atoms with van der Waals surface area (Å²) < 4.78 is 5.27. The minimum atomic E-state index is -0.199. The van der Waals surface area contributed by atoms with Gasteiger partial charge in [-0.25, -0.2) is 0 Å². The molecule has 0 saturated heterocycles. The van der Waals surface area contributed by atoms with E-state index in [4.69, 9.17) is 4.74 Å². The quantitative estimate of drug-likeness (QED) is 0.548. The maximum atomic E-state index is 11.4. The normalized spacial score (nSPS) is 12.5. The van der Waals surface area contributed by atoms with Crippen LogP contribution in [0.2, 0.25) is 0 Å². The lowest BCUT2D eigenvalue weighted by atomic mass is 10.1. The molecule has 0 amide bonds. The molecule has 0 radical (unpaired) electrons. The van der Waals surface area contributed by atoms with Gasteiger partial charge in [-0.3, -0.25) is 4.79 Å². The van der Waals surface area contributed by atoms with Gasteiger partial charge in [-0.2, -0.15) is 0 Å². The van der Waals surface area contributed by atoms with Crippen LogP contribution in [0, 0.1) is 0 Å². The molecule has 0 aromatic rings. The van der Waals surface area contributed by atoms with E-state index in [9.17, 15) is 4.79 Å². The predicted octanol–water partition coefficient (Wildman–Crippen LogP) is 2.34. The van der Waals surface area contributed by atoms with Crippen molar-refractivity contribution < 1.29 is 9.53 Å². The number of hydrogen-bond acceptors (Lipinski definition) is 2. The molecule has 0 fully saturated rings. The number of carbonyl (C=O) groups is 1. The highest BCUT2D eigenvalue weighted by Crippen LogP contribution is 2.04. The summed E-state index contributed by atoms with van der Waals surface area (Å²) in [6.45, 7) is 8.05. The second-order valence-corrected chi connectivity index (χ2v) is 2.65. The Bertz CT molecular complexity index is 141. The molecule has 0 saturated carbocycles. The molecule has 0 N–H and O–H groups in total. The van der Waals surface area contributed by atoms with Crippen LogP contribution in [0.15, 0.2) is 12.7 Å². The van der Waals surface area contributed by atoms with Gasteiger partial charge >= 0.3 is 0 Å². The minimum Gasteiger partial charge on any atom is -0.371 e. The zero-order valence-corrected chi connectivity index (χ0v) is 8.01. The van der Waals surface area contributed by atoms with E-state index in [0.717, 1.165) is 12.8 Å². The van der Waals surface area contributed by atoms with E-state index >= 15 is 0 Å². The van der Waals surface area contributed by atoms with Crippen molar-refractivity contribution in [1.29, 1.82) is 0 Å². The van der Waals surface area contributed by atoms with E-state index in [1.165, 1.54) is 0 Å². The fourth-order valence-corrected chi connectivity index (χ4v) is 1.04. The zero-order chi connectivity index (χ0) is 9.40. The first-order valence-corrected chi connectivity index (χ1v) is 4.51. The molecule has 0 heterocycles. The summed E-state index contributed by atoms with van der Waals surface area (Å²) in [5.74, 6) is 0.194. The average Bonchev–Trinajstić information content (AvgIpc) is 2.10. The zero-order valence-electron chi connectivity index (χ0n) is 8.01. The maximum Gasteiger partial charge on any atom is 0.161 e. The smallest absolute Gasteiger partial charge is 0.161 e. The Kier molecular flexibility index (Phi) is 6.67. The lowest BCUT2D eigenvalue weighted by Gasteiger charge is -2.12. The SMILES string of the molecule is C=CCCC(=O)C(CC)OCC. The number of rotatable bonds is 7. The van der Waals surface area contributed by atoms with Crippen LogP contribution >= 0.6 is 0 Å². The van der Waals surface area contributed by atoms with Crippen molar-refractivity contribution in [1.82, 2.24) is 0 Å². The van der Waals surface area contributed by atoms with E-state index < -0.39 is 0 Å². The lowest BCUT2D eigenvalue weighted by molar-refractivity contribution is -0.130. The van der Waals surface area contributed by atoms with Gasteiger partial charge in [0.05, 0.1) is 0 Å². The average molecular weight is 170 g/mol. The number of hydrogen-bond donors (Lipinski definition) is 0. The van der Waals surface area contributed by atoms with Crippen LogP contribution in [0.25, 0.3) is 0 Å². The van der Waals surface area contributed by atoms with Gasteiger partial charge in [0, 0.05) is 13.0 Å². The summed E-state index contributed by atoms with van der Waals surface area (Å²) in [7, 11) is 0. The van der Waals surface area contributed by atoms with Gasteiger partial charge in [0.2, 0.25) is 0 Å². The van der Waals surface area contributed by atoms with E-state index in [1.54, 1.807) is 6.08 Å². The first-order chi connectivity index (χ1) is 5.76. The Labute approximate surface area is 74.6 Å². The van der Waals surface area contributed by atoms with Gasteiger partial charge in [-0.05, 0) is 19.8 Å². The van der Waals surface area contributed by atoms with Crippen LogP contribution in [-0.4, -0.2) is 18.5 Å². The van der Waals surface area contributed by atoms with Gasteiger partial charge in [0.15, 0.2) is 5.78 Å². The number of carbonyl (C=O) groups excluding carboxylic acids is 1. The summed E-state index contributed by atoms with van der Waals surface area (Å²) in [5, 5.41) is 0. The lowest BCUT2D eigenvalue weighted by Crippen LogP contribution is -2.23. The van der Waals surface area contributed by atoms with Crippen LogP contribution < -0.4 is 0 Å². The summed E-state index contributed by atoms with van der Waals surface area (Å²) in [6, 6.07) is 0. The molecule has 1 unspecified atom stereocenters. The van der Waals surface area contributed by atoms with Crippen molar-refractivity contribution >= 4 is 5.78 Å². The third kappa shape index (κ3) is 4.29. The molecule has 2 heteroatoms. The summed E-state index contributed by atoms with van der Waals surface area (Å²) >= 11 is 0. The Hall–Kier alpha value is -0.630. The molecule has 1 atom stereocenters. The first kappa shape index (κ1) is 11.4. The molecule has 0 spiro atoms. The topological polar surface area (TPSA) is 26.3 Å². The number of ether oxygens (including phenoxy) is 1. The van der Waals surface area contributed by atoms with Crippen molar-refractivity contribution in [2.24, 2.45) is 0 Å². The molecule has 0 aromatic carbocycles. The highest BCUT2D eigenvalue weighted by atomic mass is 16.5. The number of ketones is 1. The largest absolute Gasteiger partial charge is 0.371 e. The summed E-state index contributed by atoms with van der Waals surface area (Å²) in [5.41, 5.74) is 0. The van der Waals surface area contributed by atoms with Gasteiger partial charge in [0.25, 0.3) is 0 Å². The molecule has 2 nitrogen and oxygen atoms in total. The Morgan fingerprint density at radius 2 is 2.25 bits per heavy atom. The minimum absolute atomic E-state index is 0.194. The second-order valence-electron chi connectivity index (χ2n) is 2.65. The monoisotopic (exact) mass is 170 g/mol. The number of Topliss-reactive ketones (excluding diaryl/α,β-unsaturated/α-hetero) is 1. The summed E-state index contributed by atoms with van der Waals surface area (Å²) in [4.78, 5) is 11.4. The molecule has 0 aromatic heterocycles. The van der Waals surface area contributed by atoms with Crippen molar-refractivity contribution in [3.8, 4) is 0 Å². The third-order valence-electron chi connectivity index (χ3n) is 1.69. The Morgan fingerprint density at radius 3 is 2.67 bits per heavy atom. The third-order valence-corrected chi connectivity index (χ3v) is 1.69. The molecule has 0 aliphatic rings. The highest BCUT2D eigenvalue weighted by molar-refractivity contribution is 5.83. The van der Waals surface area contributed by atoms with Gasteiger partial charge in [0.1, 0.15) is 6.10 Å². The molecule has 12 heavy (non-hydrogen) atoms. The van der Waals surface area contributed by atoms with Crippen LogP contribution in [-0.2, 0) is 9.53 Å². The number of allylic oxidation sites excluding steroid dienone is 1. The van der Waals surface area contributed by atoms with E-state index in [0.29, 0.717) is 13.0 Å². The van der Waals surface area contributed by atoms with Crippen molar-refractivity contribution in [2.75, 3.05) is 6.61 Å². The van der Waals surface area contributed by atoms with Gasteiger partial charge in [-0.15, -0.1) is 6.58 Å². The van der Waals surface area contributed by atoms with E-state index in [1.807, 2.05) is 13.8 Å². The van der Waals surface area contributed by atoms with Crippen LogP contribution in [0.4, 0.5) is 0 Å². The first-order valence-electron chi connectivity index (χ1n) is 4.51. The fraction of sp³-hybridized carbons (Fsp3) is 0.700. The molecule has 0 aliphatic carbocycles. The second kappa shape index (κ2) is 7.04. The molecule has 0 aliphatic heterocycles. The van der Waals surface area contributed by atoms with E-state index in [-0.39, 0.29) is 11.9 Å². The van der Waals surface area contributed by atoms with Gasteiger partial charge < -0.3 is 4.74 Å². The molecule has 70 valence electrons.